The van der Waals surface area contributed by atoms with Gasteiger partial charge in [0.2, 0.25) is 0 Å². The molecule has 6 N–H and O–H groups in total. The number of nitrogens with one attached hydrogen (secondary N) is 2. The van der Waals surface area contributed by atoms with E-state index in [1.54, 1.807) is 7.11 Å². The summed E-state index contributed by atoms with van der Waals surface area (Å²) in [6.45, 7) is 0. The smallest absolute Gasteiger partial charge is 0.200 e. The summed E-state index contributed by atoms with van der Waals surface area (Å²) in [4.78, 5) is 12.3. The fraction of sp³-hybridized carbons (Fsp3) is 0.150. The lowest BCUT2D eigenvalue weighted by Gasteiger charge is -2.08. The molecule has 0 amide bonds. The van der Waals surface area contributed by atoms with Crippen LogP contribution in [0, 0.1) is 5.41 Å². The third-order valence-electron chi connectivity index (χ3n) is 4.71. The van der Waals surface area contributed by atoms with Crippen molar-refractivity contribution in [3.8, 4) is 17.0 Å². The molecule has 7 nitrogen and oxygen atoms in total. The molecule has 0 atom stereocenters. The van der Waals surface area contributed by atoms with Crippen LogP contribution in [0.2, 0.25) is 0 Å². The number of hydrogen-bond acceptors (Lipinski definition) is 5. The van der Waals surface area contributed by atoms with Crippen molar-refractivity contribution in [1.82, 2.24) is 9.97 Å². The normalized spacial score (nSPS) is 13.3. The molecule has 1 aliphatic rings. The zero-order chi connectivity index (χ0) is 19.0. The fourth-order valence-corrected chi connectivity index (χ4v) is 3.50. The van der Waals surface area contributed by atoms with Crippen molar-refractivity contribution in [3.63, 3.8) is 0 Å². The summed E-state index contributed by atoms with van der Waals surface area (Å²) in [6.07, 6.45) is 1.56. The molecule has 0 bridgehead atoms. The first-order valence-electron chi connectivity index (χ1n) is 8.61. The maximum absolute atomic E-state index is 7.78. The number of halogens is 2. The highest BCUT2D eigenvalue weighted by molar-refractivity contribution is 6.09. The van der Waals surface area contributed by atoms with E-state index in [9.17, 15) is 0 Å². The van der Waals surface area contributed by atoms with E-state index in [4.69, 9.17) is 26.6 Å². The summed E-state index contributed by atoms with van der Waals surface area (Å²) in [5, 5.41) is 7.78. The highest BCUT2D eigenvalue weighted by atomic mass is 35.5. The van der Waals surface area contributed by atoms with Crippen LogP contribution in [0.3, 0.4) is 0 Å². The van der Waals surface area contributed by atoms with E-state index in [0.29, 0.717) is 23.2 Å². The first-order valence-corrected chi connectivity index (χ1v) is 8.61. The molecule has 0 unspecified atom stereocenters. The van der Waals surface area contributed by atoms with E-state index >= 15 is 0 Å². The minimum atomic E-state index is 0. The summed E-state index contributed by atoms with van der Waals surface area (Å²) in [7, 11) is 1.63. The Morgan fingerprint density at radius 2 is 1.83 bits per heavy atom. The van der Waals surface area contributed by atoms with E-state index in [0.717, 1.165) is 40.8 Å². The van der Waals surface area contributed by atoms with Gasteiger partial charge in [0.1, 0.15) is 11.6 Å². The minimum Gasteiger partial charge on any atom is -0.496 e. The third-order valence-corrected chi connectivity index (χ3v) is 4.71. The molecule has 0 radical (unpaired) electrons. The maximum Gasteiger partial charge on any atom is 0.200 e. The third kappa shape index (κ3) is 4.06. The Labute approximate surface area is 180 Å². The fourth-order valence-electron chi connectivity index (χ4n) is 3.50. The number of rotatable bonds is 4. The van der Waals surface area contributed by atoms with Crippen LogP contribution in [0.1, 0.15) is 23.1 Å². The van der Waals surface area contributed by atoms with Crippen LogP contribution in [-0.4, -0.2) is 28.6 Å². The molecule has 3 aromatic rings. The van der Waals surface area contributed by atoms with Crippen LogP contribution in [0.15, 0.2) is 47.5 Å². The maximum atomic E-state index is 7.78. The van der Waals surface area contributed by atoms with Gasteiger partial charge in [-0.05, 0) is 36.1 Å². The molecular weight excluding hydrogens is 411 g/mol. The van der Waals surface area contributed by atoms with E-state index in [1.807, 2.05) is 42.5 Å². The second-order valence-electron chi connectivity index (χ2n) is 6.32. The van der Waals surface area contributed by atoms with Crippen molar-refractivity contribution >= 4 is 48.1 Å². The van der Waals surface area contributed by atoms with E-state index in [-0.39, 0.29) is 30.6 Å². The van der Waals surface area contributed by atoms with Gasteiger partial charge in [0.15, 0.2) is 11.8 Å². The Bertz CT molecular complexity index is 1080. The van der Waals surface area contributed by atoms with Crippen molar-refractivity contribution in [2.24, 2.45) is 10.7 Å². The molecule has 2 aromatic carbocycles. The van der Waals surface area contributed by atoms with Crippen molar-refractivity contribution in [2.75, 3.05) is 12.8 Å². The van der Waals surface area contributed by atoms with Crippen LogP contribution in [0.4, 0.5) is 11.8 Å². The number of hydrogen-bond donors (Lipinski definition) is 4. The van der Waals surface area contributed by atoms with Gasteiger partial charge in [-0.2, -0.15) is 4.98 Å². The summed E-state index contributed by atoms with van der Waals surface area (Å²) < 4.78 is 5.46. The monoisotopic (exact) mass is 432 g/mol. The molecule has 0 spiro atoms. The Balaban J connectivity index is 0.00000150. The summed E-state index contributed by atoms with van der Waals surface area (Å²) in [6, 6.07) is 13.4. The lowest BCUT2D eigenvalue weighted by atomic mass is 10.0. The molecular formula is C20H22Cl2N6O. The number of methoxy groups -OCH3 is 1. The molecule has 4 rings (SSSR count). The molecule has 1 heterocycles. The van der Waals surface area contributed by atoms with Gasteiger partial charge < -0.3 is 21.2 Å². The van der Waals surface area contributed by atoms with Crippen LogP contribution in [0.25, 0.3) is 11.3 Å². The Hall–Kier alpha value is -3.03. The molecule has 152 valence electrons. The summed E-state index contributed by atoms with van der Waals surface area (Å²) in [5.41, 5.74) is 16.9. The minimum absolute atomic E-state index is 0. The number of aromatic nitrogens is 2. The summed E-state index contributed by atoms with van der Waals surface area (Å²) in [5.74, 6) is 1.61. The molecule has 9 heteroatoms. The number of ether oxygens (including phenoxy) is 1. The number of benzene rings is 2. The number of anilines is 1. The standard InChI is InChI=1S/C20H20N6O.2ClH/c1-27-16-8-3-2-5-14(16)17-19(26-20(23)25-17)24-15-10-9-11-12(15)6-4-7-13(11)18(21)22;;/h2-8H,9-10H2,1H3,(H3,21,22)(H3,23,25,26);2*1H. The number of imidazole rings is 1. The van der Waals surface area contributed by atoms with Gasteiger partial charge >= 0.3 is 0 Å². The molecule has 0 fully saturated rings. The van der Waals surface area contributed by atoms with E-state index in [2.05, 4.69) is 9.97 Å². The molecule has 1 aromatic heterocycles. The topological polar surface area (TPSA) is 126 Å². The Kier molecular flexibility index (Phi) is 6.89. The number of H-pyrrole nitrogens is 1. The van der Waals surface area contributed by atoms with Crippen LogP contribution < -0.4 is 16.2 Å². The van der Waals surface area contributed by atoms with E-state index in [1.165, 1.54) is 0 Å². The lowest BCUT2D eigenvalue weighted by Crippen LogP contribution is -2.13. The first kappa shape index (κ1) is 22.3. The molecule has 0 saturated carbocycles. The van der Waals surface area contributed by atoms with E-state index < -0.39 is 0 Å². The predicted molar refractivity (Wildman–Crippen MR) is 121 cm³/mol. The zero-order valence-electron chi connectivity index (χ0n) is 15.7. The van der Waals surface area contributed by atoms with Gasteiger partial charge in [0.25, 0.3) is 0 Å². The van der Waals surface area contributed by atoms with Gasteiger partial charge in [0.05, 0.1) is 18.5 Å². The quantitative estimate of drug-likeness (QED) is 0.368. The number of fused-ring (bicyclic) bond motifs is 1. The number of para-hydroxylation sites is 1. The van der Waals surface area contributed by atoms with Crippen LogP contribution in [0.5, 0.6) is 5.75 Å². The van der Waals surface area contributed by atoms with Crippen molar-refractivity contribution in [2.45, 2.75) is 12.8 Å². The van der Waals surface area contributed by atoms with Crippen molar-refractivity contribution < 1.29 is 4.74 Å². The zero-order valence-corrected chi connectivity index (χ0v) is 17.4. The average molecular weight is 433 g/mol. The second kappa shape index (κ2) is 8.98. The lowest BCUT2D eigenvalue weighted by molar-refractivity contribution is 0.416. The Morgan fingerprint density at radius 3 is 2.55 bits per heavy atom. The number of amidine groups is 1. The van der Waals surface area contributed by atoms with Crippen molar-refractivity contribution in [1.29, 1.82) is 5.41 Å². The second-order valence-corrected chi connectivity index (χ2v) is 6.32. The first-order chi connectivity index (χ1) is 13.1. The largest absolute Gasteiger partial charge is 0.496 e. The number of nitrogens with zero attached hydrogens (tertiary/aromatic N) is 2. The molecule has 0 aliphatic heterocycles. The van der Waals surface area contributed by atoms with Crippen molar-refractivity contribution in [3.05, 3.63) is 59.2 Å². The van der Waals surface area contributed by atoms with Gasteiger partial charge in [-0.15, -0.1) is 24.8 Å². The van der Waals surface area contributed by atoms with Gasteiger partial charge in [-0.3, -0.25) is 5.41 Å². The predicted octanol–water partition coefficient (Wildman–Crippen LogP) is 3.86. The van der Waals surface area contributed by atoms with Gasteiger partial charge in [-0.25, -0.2) is 4.99 Å². The highest BCUT2D eigenvalue weighted by Crippen LogP contribution is 2.36. The number of aliphatic imine (C=N–C) groups is 1. The van der Waals surface area contributed by atoms with Crippen LogP contribution >= 0.6 is 24.8 Å². The molecule has 0 saturated heterocycles. The Morgan fingerprint density at radius 1 is 1.10 bits per heavy atom. The van der Waals surface area contributed by atoms with Gasteiger partial charge in [0, 0.05) is 11.1 Å². The molecule has 1 aliphatic carbocycles. The highest BCUT2D eigenvalue weighted by Gasteiger charge is 2.23. The SMILES string of the molecule is COc1ccccc1-c1[nH]c(N)nc1N=C1CCc2c(C(=N)N)cccc21.Cl.Cl. The number of aromatic amines is 1. The number of nitrogens with two attached hydrogens (primary N) is 2. The summed E-state index contributed by atoms with van der Waals surface area (Å²) >= 11 is 0. The molecule has 29 heavy (non-hydrogen) atoms. The average Bonchev–Trinajstić information content (AvgIpc) is 3.25. The van der Waals surface area contributed by atoms with Crippen LogP contribution in [-0.2, 0) is 6.42 Å². The van der Waals surface area contributed by atoms with Gasteiger partial charge in [-0.1, -0.05) is 30.3 Å². The number of nitrogen functional groups attached to an aromatic ring is 2.